The molecule has 0 spiro atoms. The molecule has 0 aromatic heterocycles. The van der Waals surface area contributed by atoms with Crippen LogP contribution in [0, 0.1) is 6.92 Å². The van der Waals surface area contributed by atoms with Crippen molar-refractivity contribution in [2.75, 3.05) is 25.6 Å². The van der Waals surface area contributed by atoms with Crippen LogP contribution in [0.3, 0.4) is 0 Å². The summed E-state index contributed by atoms with van der Waals surface area (Å²) >= 11 is 0. The van der Waals surface area contributed by atoms with Crippen molar-refractivity contribution >= 4 is 17.7 Å². The molecule has 2 aromatic carbocycles. The Morgan fingerprint density at radius 1 is 1.15 bits per heavy atom. The number of aryl methyl sites for hydroxylation is 1. The number of allylic oxidation sites excluding steroid dienone is 1. The van der Waals surface area contributed by atoms with Crippen LogP contribution in [-0.4, -0.2) is 48.7 Å². The van der Waals surface area contributed by atoms with E-state index in [0.717, 1.165) is 5.56 Å². The second kappa shape index (κ2) is 13.9. The van der Waals surface area contributed by atoms with Crippen molar-refractivity contribution in [2.24, 2.45) is 0 Å². The van der Waals surface area contributed by atoms with Crippen LogP contribution >= 0.6 is 0 Å². The van der Waals surface area contributed by atoms with E-state index >= 15 is 0 Å². The number of carbonyl (C=O) groups excluding carboxylic acids is 2. The number of aliphatic hydroxyl groups is 1. The Labute approximate surface area is 192 Å². The lowest BCUT2D eigenvalue weighted by molar-refractivity contribution is -0.124. The van der Waals surface area contributed by atoms with Crippen LogP contribution in [0.1, 0.15) is 30.1 Å². The number of methoxy groups -OCH3 is 1. The number of carbonyl (C=O) groups is 2. The minimum absolute atomic E-state index is 0.127. The number of nitrogens with one attached hydrogen (secondary N) is 2. The lowest BCUT2D eigenvalue weighted by atomic mass is 10.00. The molecule has 4 N–H and O–H groups in total. The molecule has 0 radical (unpaired) electrons. The Bertz CT molecular complexity index is 915. The minimum atomic E-state index is -0.779. The Hall–Kier alpha value is -3.40. The minimum Gasteiger partial charge on any atom is -0.491 e. The Morgan fingerprint density at radius 2 is 1.91 bits per heavy atom. The summed E-state index contributed by atoms with van der Waals surface area (Å²) in [5.41, 5.74) is 3.83. The van der Waals surface area contributed by atoms with E-state index in [9.17, 15) is 9.59 Å². The lowest BCUT2D eigenvalue weighted by Gasteiger charge is -2.26. The maximum atomic E-state index is 12.7. The summed E-state index contributed by atoms with van der Waals surface area (Å²) in [5.74, 6) is -0.119. The number of anilines is 1. The van der Waals surface area contributed by atoms with Gasteiger partial charge in [-0.05, 0) is 49.6 Å². The van der Waals surface area contributed by atoms with Gasteiger partial charge in [0, 0.05) is 18.9 Å². The number of benzene rings is 2. The summed E-state index contributed by atoms with van der Waals surface area (Å²) in [6, 6.07) is 14.3. The molecular formula is C24H30N2O7. The Kier molecular flexibility index (Phi) is 10.9. The van der Waals surface area contributed by atoms with E-state index in [1.165, 1.54) is 18.7 Å². The van der Waals surface area contributed by atoms with Crippen LogP contribution in [-0.2, 0) is 14.3 Å². The zero-order chi connectivity index (χ0) is 24.1. The summed E-state index contributed by atoms with van der Waals surface area (Å²) in [4.78, 5) is 23.8. The molecule has 9 nitrogen and oxygen atoms in total. The highest BCUT2D eigenvalue weighted by molar-refractivity contribution is 5.86. The van der Waals surface area contributed by atoms with E-state index in [0.29, 0.717) is 29.8 Å². The standard InChI is InChI=1S/C24H30N2O7/c1-17-10-12-19(13-11-17)25-24(29)33-23(18-6-5-7-20(16-18)32-15-14-27)21(31-2)8-3-4-9-22(28)26-30/h4-7,9-13,16,21,23,27,30H,3,8,14-15H2,1-2H3,(H,25,29)(H,26,28)/b9-4+/t21-,23-/m0/s1. The number of aliphatic hydroxyl groups excluding tert-OH is 1. The monoisotopic (exact) mass is 458 g/mol. The largest absolute Gasteiger partial charge is 0.491 e. The van der Waals surface area contributed by atoms with Gasteiger partial charge in [0.2, 0.25) is 0 Å². The quantitative estimate of drug-likeness (QED) is 0.218. The third-order valence-corrected chi connectivity index (χ3v) is 4.72. The molecule has 2 aromatic rings. The molecule has 0 aliphatic carbocycles. The maximum absolute atomic E-state index is 12.7. The highest BCUT2D eigenvalue weighted by Crippen LogP contribution is 2.29. The SMILES string of the molecule is CO[C@@H](CC/C=C/C(=O)NO)[C@@H](OC(=O)Nc1ccc(C)cc1)c1cccc(OCCO)c1. The third kappa shape index (κ3) is 8.93. The second-order valence-corrected chi connectivity index (χ2v) is 7.19. The fourth-order valence-corrected chi connectivity index (χ4v) is 3.08. The predicted octanol–water partition coefficient (Wildman–Crippen LogP) is 3.51. The van der Waals surface area contributed by atoms with E-state index in [-0.39, 0.29) is 13.2 Å². The van der Waals surface area contributed by atoms with Crippen molar-refractivity contribution in [1.82, 2.24) is 5.48 Å². The average Bonchev–Trinajstić information content (AvgIpc) is 2.83. The van der Waals surface area contributed by atoms with Crippen LogP contribution in [0.4, 0.5) is 10.5 Å². The van der Waals surface area contributed by atoms with Crippen LogP contribution in [0.2, 0.25) is 0 Å². The molecule has 2 atom stereocenters. The van der Waals surface area contributed by atoms with Crippen molar-refractivity contribution in [3.63, 3.8) is 0 Å². The van der Waals surface area contributed by atoms with Gasteiger partial charge in [0.05, 0.1) is 12.7 Å². The molecule has 0 fully saturated rings. The summed E-state index contributed by atoms with van der Waals surface area (Å²) in [6.45, 7) is 1.96. The number of amides is 2. The summed E-state index contributed by atoms with van der Waals surface area (Å²) in [5, 5.41) is 20.3. The van der Waals surface area contributed by atoms with E-state index in [1.807, 2.05) is 19.1 Å². The fraction of sp³-hybridized carbons (Fsp3) is 0.333. The number of hydrogen-bond acceptors (Lipinski definition) is 7. The Balaban J connectivity index is 2.20. The van der Waals surface area contributed by atoms with Crippen molar-refractivity contribution < 1.29 is 34.1 Å². The van der Waals surface area contributed by atoms with Gasteiger partial charge in [0.25, 0.3) is 5.91 Å². The van der Waals surface area contributed by atoms with Gasteiger partial charge < -0.3 is 19.3 Å². The molecule has 33 heavy (non-hydrogen) atoms. The van der Waals surface area contributed by atoms with Crippen LogP contribution in [0.25, 0.3) is 0 Å². The number of ether oxygens (including phenoxy) is 3. The second-order valence-electron chi connectivity index (χ2n) is 7.19. The molecular weight excluding hydrogens is 428 g/mol. The third-order valence-electron chi connectivity index (χ3n) is 4.72. The lowest BCUT2D eigenvalue weighted by Crippen LogP contribution is -2.28. The van der Waals surface area contributed by atoms with Crippen molar-refractivity contribution in [2.45, 2.75) is 32.0 Å². The average molecular weight is 459 g/mol. The van der Waals surface area contributed by atoms with E-state index in [4.69, 9.17) is 24.5 Å². The van der Waals surface area contributed by atoms with Gasteiger partial charge in [0.1, 0.15) is 12.4 Å². The molecule has 2 rings (SSSR count). The molecule has 178 valence electrons. The van der Waals surface area contributed by atoms with Gasteiger partial charge in [0.15, 0.2) is 6.10 Å². The number of hydrogen-bond donors (Lipinski definition) is 4. The highest BCUT2D eigenvalue weighted by atomic mass is 16.6. The first-order chi connectivity index (χ1) is 16.0. The van der Waals surface area contributed by atoms with Gasteiger partial charge in [-0.2, -0.15) is 0 Å². The van der Waals surface area contributed by atoms with E-state index in [1.54, 1.807) is 42.5 Å². The molecule has 0 unspecified atom stereocenters. The van der Waals surface area contributed by atoms with Gasteiger partial charge >= 0.3 is 6.09 Å². The van der Waals surface area contributed by atoms with Gasteiger partial charge in [-0.3, -0.25) is 15.3 Å². The van der Waals surface area contributed by atoms with Crippen molar-refractivity contribution in [3.8, 4) is 5.75 Å². The first kappa shape index (κ1) is 25.9. The van der Waals surface area contributed by atoms with Crippen molar-refractivity contribution in [1.29, 1.82) is 0 Å². The summed E-state index contributed by atoms with van der Waals surface area (Å²) in [6.07, 6.45) is 1.68. The first-order valence-electron chi connectivity index (χ1n) is 10.5. The summed E-state index contributed by atoms with van der Waals surface area (Å²) in [7, 11) is 1.51. The molecule has 0 heterocycles. The van der Waals surface area contributed by atoms with Gasteiger partial charge in [-0.15, -0.1) is 0 Å². The Morgan fingerprint density at radius 3 is 2.58 bits per heavy atom. The molecule has 9 heteroatoms. The van der Waals surface area contributed by atoms with E-state index in [2.05, 4.69) is 5.32 Å². The van der Waals surface area contributed by atoms with Crippen LogP contribution in [0.5, 0.6) is 5.75 Å². The number of hydroxylamine groups is 1. The van der Waals surface area contributed by atoms with Gasteiger partial charge in [-0.1, -0.05) is 35.9 Å². The number of rotatable bonds is 12. The van der Waals surface area contributed by atoms with Crippen LogP contribution in [0.15, 0.2) is 60.7 Å². The maximum Gasteiger partial charge on any atom is 0.412 e. The highest BCUT2D eigenvalue weighted by Gasteiger charge is 2.27. The van der Waals surface area contributed by atoms with Crippen molar-refractivity contribution in [3.05, 3.63) is 71.8 Å². The molecule has 0 aliphatic rings. The topological polar surface area (TPSA) is 126 Å². The van der Waals surface area contributed by atoms with Crippen LogP contribution < -0.4 is 15.5 Å². The molecule has 0 bridgehead atoms. The molecule has 0 aliphatic heterocycles. The summed E-state index contributed by atoms with van der Waals surface area (Å²) < 4.78 is 16.9. The molecule has 2 amide bonds. The normalized spacial score (nSPS) is 12.7. The fourth-order valence-electron chi connectivity index (χ4n) is 3.08. The first-order valence-corrected chi connectivity index (χ1v) is 10.5. The van der Waals surface area contributed by atoms with E-state index < -0.39 is 24.2 Å². The molecule has 0 saturated carbocycles. The predicted molar refractivity (Wildman–Crippen MR) is 122 cm³/mol. The van der Waals surface area contributed by atoms with Gasteiger partial charge in [-0.25, -0.2) is 10.3 Å². The zero-order valence-electron chi connectivity index (χ0n) is 18.7. The smallest absolute Gasteiger partial charge is 0.412 e. The molecule has 0 saturated heterocycles. The zero-order valence-corrected chi connectivity index (χ0v) is 18.7.